The Hall–Kier alpha value is -2.13. The van der Waals surface area contributed by atoms with Crippen LogP contribution in [0.3, 0.4) is 0 Å². The van der Waals surface area contributed by atoms with E-state index in [0.29, 0.717) is 19.2 Å². The van der Waals surface area contributed by atoms with Crippen molar-refractivity contribution in [2.45, 2.75) is 78.2 Å². The highest BCUT2D eigenvalue weighted by Gasteiger charge is 2.43. The van der Waals surface area contributed by atoms with Crippen LogP contribution >= 0.6 is 0 Å². The Labute approximate surface area is 185 Å². The molecular formula is C22H36N4O4Si. The first kappa shape index (κ1) is 23.5. The molecule has 1 amide bonds. The Bertz CT molecular complexity index is 903. The summed E-state index contributed by atoms with van der Waals surface area (Å²) in [6.45, 7) is 14.9. The summed E-state index contributed by atoms with van der Waals surface area (Å²) in [5.41, 5.74) is 0.502. The lowest BCUT2D eigenvalue weighted by atomic mass is 9.79. The molecule has 1 fully saturated rings. The summed E-state index contributed by atoms with van der Waals surface area (Å²) in [5, 5.41) is 10.5. The number of ether oxygens (including phenoxy) is 2. The Balaban J connectivity index is 1.78. The largest absolute Gasteiger partial charge is 0.472 e. The minimum Gasteiger partial charge on any atom is -0.472 e. The molecule has 0 aromatic carbocycles. The van der Waals surface area contributed by atoms with E-state index in [2.05, 4.69) is 50.4 Å². The predicted molar refractivity (Wildman–Crippen MR) is 123 cm³/mol. The highest BCUT2D eigenvalue weighted by atomic mass is 28.3. The molecule has 0 spiro atoms. The van der Waals surface area contributed by atoms with E-state index in [0.717, 1.165) is 36.5 Å². The molecule has 9 heteroatoms. The highest BCUT2D eigenvalue weighted by molar-refractivity contribution is 6.76. The molecule has 3 heterocycles. The van der Waals surface area contributed by atoms with E-state index in [4.69, 9.17) is 9.47 Å². The standard InChI is InChI=1S/C22H36N4O4Si/c1-22(2,3)18-17(8-7-10-26(18)21(27)28)30-20-16-9-11-25(19(16)23-14-24-20)15-29-12-13-31(4,5)6/h9,11,14,17-18H,7-8,10,12-13,15H2,1-6H3,(H,27,28). The van der Waals surface area contributed by atoms with Crippen molar-refractivity contribution in [3.8, 4) is 5.88 Å². The number of hydrogen-bond acceptors (Lipinski definition) is 5. The minimum atomic E-state index is -1.13. The van der Waals surface area contributed by atoms with Gasteiger partial charge < -0.3 is 24.0 Å². The summed E-state index contributed by atoms with van der Waals surface area (Å²) in [6, 6.07) is 2.80. The van der Waals surface area contributed by atoms with Crippen LogP contribution in [0.4, 0.5) is 4.79 Å². The molecule has 0 radical (unpaired) electrons. The molecule has 1 aliphatic rings. The van der Waals surface area contributed by atoms with Gasteiger partial charge in [-0.15, -0.1) is 0 Å². The smallest absolute Gasteiger partial charge is 0.407 e. The fourth-order valence-electron chi connectivity index (χ4n) is 4.19. The third-order valence-electron chi connectivity index (χ3n) is 5.72. The number of nitrogens with zero attached hydrogens (tertiary/aromatic N) is 4. The molecule has 1 saturated heterocycles. The molecule has 0 bridgehead atoms. The summed E-state index contributed by atoms with van der Waals surface area (Å²) in [5.74, 6) is 0.498. The van der Waals surface area contributed by atoms with Gasteiger partial charge in [0.1, 0.15) is 24.8 Å². The maximum atomic E-state index is 11.8. The molecule has 31 heavy (non-hydrogen) atoms. The molecule has 2 aromatic heterocycles. The van der Waals surface area contributed by atoms with Gasteiger partial charge >= 0.3 is 6.09 Å². The average Bonchev–Trinajstić information content (AvgIpc) is 3.07. The molecule has 2 aromatic rings. The van der Waals surface area contributed by atoms with Gasteiger partial charge in [-0.05, 0) is 30.4 Å². The predicted octanol–water partition coefficient (Wildman–Crippen LogP) is 4.68. The van der Waals surface area contributed by atoms with Crippen molar-refractivity contribution in [1.29, 1.82) is 0 Å². The van der Waals surface area contributed by atoms with Gasteiger partial charge in [-0.1, -0.05) is 40.4 Å². The number of fused-ring (bicyclic) bond motifs is 1. The van der Waals surface area contributed by atoms with Crippen LogP contribution in [0.1, 0.15) is 33.6 Å². The molecule has 172 valence electrons. The minimum absolute atomic E-state index is 0.254. The van der Waals surface area contributed by atoms with E-state index < -0.39 is 14.2 Å². The van der Waals surface area contributed by atoms with Crippen molar-refractivity contribution in [2.24, 2.45) is 5.41 Å². The maximum absolute atomic E-state index is 11.8. The molecule has 8 nitrogen and oxygen atoms in total. The van der Waals surface area contributed by atoms with E-state index in [1.807, 2.05) is 16.8 Å². The second-order valence-corrected chi connectivity index (χ2v) is 16.3. The van der Waals surface area contributed by atoms with Gasteiger partial charge in [0.15, 0.2) is 0 Å². The number of likely N-dealkylation sites (tertiary alicyclic amines) is 1. The number of hydrogen-bond donors (Lipinski definition) is 1. The van der Waals surface area contributed by atoms with Crippen LogP contribution in [-0.2, 0) is 11.5 Å². The van der Waals surface area contributed by atoms with E-state index in [-0.39, 0.29) is 17.6 Å². The van der Waals surface area contributed by atoms with Gasteiger partial charge in [-0.2, -0.15) is 0 Å². The Morgan fingerprint density at radius 1 is 1.29 bits per heavy atom. The lowest BCUT2D eigenvalue weighted by Gasteiger charge is -2.46. The normalized spacial score (nSPS) is 20.3. The molecule has 2 atom stereocenters. The van der Waals surface area contributed by atoms with Gasteiger partial charge in [-0.3, -0.25) is 0 Å². The van der Waals surface area contributed by atoms with Gasteiger partial charge in [0.25, 0.3) is 0 Å². The summed E-state index contributed by atoms with van der Waals surface area (Å²) < 4.78 is 14.2. The van der Waals surface area contributed by atoms with Gasteiger partial charge in [0, 0.05) is 27.4 Å². The molecular weight excluding hydrogens is 412 g/mol. The number of carbonyl (C=O) groups is 1. The van der Waals surface area contributed by atoms with Crippen molar-refractivity contribution in [2.75, 3.05) is 13.2 Å². The Kier molecular flexibility index (Phi) is 6.95. The lowest BCUT2D eigenvalue weighted by molar-refractivity contribution is -0.0195. The average molecular weight is 449 g/mol. The second-order valence-electron chi connectivity index (χ2n) is 10.6. The van der Waals surface area contributed by atoms with Crippen molar-refractivity contribution in [3.63, 3.8) is 0 Å². The van der Waals surface area contributed by atoms with E-state index in [1.54, 1.807) is 0 Å². The first-order valence-electron chi connectivity index (χ1n) is 11.0. The summed E-state index contributed by atoms with van der Waals surface area (Å²) >= 11 is 0. The van der Waals surface area contributed by atoms with E-state index in [1.165, 1.54) is 11.2 Å². The molecule has 1 aliphatic heterocycles. The number of carboxylic acid groups (broad SMARTS) is 1. The van der Waals surface area contributed by atoms with Crippen LogP contribution in [0.2, 0.25) is 25.7 Å². The van der Waals surface area contributed by atoms with Crippen LogP contribution < -0.4 is 4.74 Å². The fourth-order valence-corrected chi connectivity index (χ4v) is 4.94. The molecule has 2 unspecified atom stereocenters. The van der Waals surface area contributed by atoms with Crippen LogP contribution in [-0.4, -0.2) is 64.0 Å². The van der Waals surface area contributed by atoms with E-state index >= 15 is 0 Å². The van der Waals surface area contributed by atoms with Gasteiger partial charge in [-0.25, -0.2) is 14.8 Å². The van der Waals surface area contributed by atoms with Crippen molar-refractivity contribution in [1.82, 2.24) is 19.4 Å². The summed E-state index contributed by atoms with van der Waals surface area (Å²) in [6.07, 6.45) is 3.83. The van der Waals surface area contributed by atoms with Crippen molar-refractivity contribution in [3.05, 3.63) is 18.6 Å². The Morgan fingerprint density at radius 2 is 2.03 bits per heavy atom. The first-order chi connectivity index (χ1) is 14.5. The number of rotatable bonds is 7. The third kappa shape index (κ3) is 5.77. The van der Waals surface area contributed by atoms with Crippen LogP contribution in [0, 0.1) is 5.41 Å². The fraction of sp³-hybridized carbons (Fsp3) is 0.682. The van der Waals surface area contributed by atoms with E-state index in [9.17, 15) is 9.90 Å². The van der Waals surface area contributed by atoms with Crippen LogP contribution in [0.25, 0.3) is 11.0 Å². The lowest BCUT2D eigenvalue weighted by Crippen LogP contribution is -2.58. The van der Waals surface area contributed by atoms with Crippen molar-refractivity contribution >= 4 is 25.2 Å². The van der Waals surface area contributed by atoms with Gasteiger partial charge in [0.05, 0.1) is 11.4 Å². The first-order valence-corrected chi connectivity index (χ1v) is 14.7. The third-order valence-corrected chi connectivity index (χ3v) is 7.42. The van der Waals surface area contributed by atoms with Gasteiger partial charge in [0.2, 0.25) is 5.88 Å². The molecule has 3 rings (SSSR count). The van der Waals surface area contributed by atoms with Crippen molar-refractivity contribution < 1.29 is 19.4 Å². The quantitative estimate of drug-likeness (QED) is 0.489. The van der Waals surface area contributed by atoms with Crippen LogP contribution in [0.15, 0.2) is 18.6 Å². The SMILES string of the molecule is CC(C)(C)C1C(Oc2ncnc3c2ccn3COCC[Si](C)(C)C)CCCN1C(=O)O. The molecule has 0 saturated carbocycles. The van der Waals surface area contributed by atoms with Crippen LogP contribution in [0.5, 0.6) is 5.88 Å². The molecule has 1 N–H and O–H groups in total. The summed E-state index contributed by atoms with van der Waals surface area (Å²) in [4.78, 5) is 22.2. The number of amides is 1. The zero-order valence-corrected chi connectivity index (χ0v) is 20.6. The maximum Gasteiger partial charge on any atom is 0.407 e. The second kappa shape index (κ2) is 9.16. The topological polar surface area (TPSA) is 89.7 Å². The number of aromatic nitrogens is 3. The Morgan fingerprint density at radius 3 is 2.68 bits per heavy atom. The highest BCUT2D eigenvalue weighted by Crippen LogP contribution is 2.35. The molecule has 0 aliphatic carbocycles. The zero-order valence-electron chi connectivity index (χ0n) is 19.6. The monoisotopic (exact) mass is 448 g/mol. The number of piperidine rings is 1. The zero-order chi connectivity index (χ0) is 22.8. The summed E-state index contributed by atoms with van der Waals surface area (Å²) in [7, 11) is -1.13.